The first-order valence-electron chi connectivity index (χ1n) is 7.81. The lowest BCUT2D eigenvalue weighted by atomic mass is 10.3. The summed E-state index contributed by atoms with van der Waals surface area (Å²) in [7, 11) is 0. The van der Waals surface area contributed by atoms with Gasteiger partial charge in [0, 0.05) is 23.0 Å². The summed E-state index contributed by atoms with van der Waals surface area (Å²) in [6.07, 6.45) is 0. The summed E-state index contributed by atoms with van der Waals surface area (Å²) >= 11 is 13.4. The second-order valence-corrected chi connectivity index (χ2v) is 7.37. The Balaban J connectivity index is 1.52. The first-order valence-corrected chi connectivity index (χ1v) is 9.55. The minimum Gasteiger partial charge on any atom is -0.354 e. The zero-order valence-electron chi connectivity index (χ0n) is 13.6. The average molecular weight is 394 g/mol. The smallest absolute Gasteiger partial charge is 0.230 e. The number of hydrogen-bond donors (Lipinski definition) is 1. The number of amides is 1. The van der Waals surface area contributed by atoms with E-state index >= 15 is 0 Å². The van der Waals surface area contributed by atoms with E-state index in [-0.39, 0.29) is 5.91 Å². The maximum atomic E-state index is 12.1. The molecule has 0 fully saturated rings. The van der Waals surface area contributed by atoms with E-state index in [4.69, 9.17) is 23.2 Å². The summed E-state index contributed by atoms with van der Waals surface area (Å²) in [6, 6.07) is 13.2. The molecule has 25 heavy (non-hydrogen) atoms. The fourth-order valence-corrected chi connectivity index (χ4v) is 3.89. The number of nitrogens with zero attached hydrogens (tertiary/aromatic N) is 2. The molecule has 0 saturated carbocycles. The number of hydrogen-bond acceptors (Lipinski definition) is 3. The molecule has 0 radical (unpaired) electrons. The fourth-order valence-electron chi connectivity index (χ4n) is 2.57. The molecule has 0 saturated heterocycles. The molecule has 1 amide bonds. The molecule has 0 atom stereocenters. The molecule has 1 aromatic heterocycles. The zero-order valence-corrected chi connectivity index (χ0v) is 16.0. The molecule has 0 aliphatic rings. The molecule has 0 bridgehead atoms. The van der Waals surface area contributed by atoms with Gasteiger partial charge in [0.05, 0.1) is 21.8 Å². The number of halogens is 2. The van der Waals surface area contributed by atoms with Crippen molar-refractivity contribution in [3.8, 4) is 0 Å². The second kappa shape index (κ2) is 8.13. The number of rotatable bonds is 6. The van der Waals surface area contributed by atoms with Crippen molar-refractivity contribution in [3.05, 3.63) is 58.3 Å². The Hall–Kier alpha value is -1.69. The van der Waals surface area contributed by atoms with Crippen molar-refractivity contribution in [2.75, 3.05) is 12.3 Å². The first-order chi connectivity index (χ1) is 12.0. The van der Waals surface area contributed by atoms with Gasteiger partial charge in [0.1, 0.15) is 5.82 Å². The van der Waals surface area contributed by atoms with Crippen LogP contribution in [0.4, 0.5) is 0 Å². The number of aryl methyl sites for hydroxylation is 1. The number of thioether (sulfide) groups is 1. The molecular weight excluding hydrogens is 377 g/mol. The van der Waals surface area contributed by atoms with Gasteiger partial charge in [-0.3, -0.25) is 4.79 Å². The van der Waals surface area contributed by atoms with E-state index in [1.807, 2.05) is 31.2 Å². The molecule has 3 aromatic rings. The minimum atomic E-state index is -0.0388. The van der Waals surface area contributed by atoms with Gasteiger partial charge in [0.2, 0.25) is 5.91 Å². The second-order valence-electron chi connectivity index (χ2n) is 5.51. The van der Waals surface area contributed by atoms with Crippen LogP contribution in [-0.4, -0.2) is 27.8 Å². The van der Waals surface area contributed by atoms with E-state index in [1.165, 1.54) is 11.8 Å². The summed E-state index contributed by atoms with van der Waals surface area (Å²) in [5.41, 5.74) is 2.05. The third kappa shape index (κ3) is 4.48. The van der Waals surface area contributed by atoms with Crippen LogP contribution in [0.3, 0.4) is 0 Å². The molecule has 1 N–H and O–H groups in total. The number of fused-ring (bicyclic) bond motifs is 1. The monoisotopic (exact) mass is 393 g/mol. The Morgan fingerprint density at radius 1 is 1.24 bits per heavy atom. The van der Waals surface area contributed by atoms with Crippen LogP contribution in [0.1, 0.15) is 5.82 Å². The van der Waals surface area contributed by atoms with Gasteiger partial charge < -0.3 is 9.88 Å². The van der Waals surface area contributed by atoms with E-state index in [9.17, 15) is 4.79 Å². The highest BCUT2D eigenvalue weighted by molar-refractivity contribution is 8.00. The van der Waals surface area contributed by atoms with Crippen LogP contribution in [0.2, 0.25) is 10.0 Å². The van der Waals surface area contributed by atoms with E-state index in [0.29, 0.717) is 28.9 Å². The number of imidazole rings is 1. The van der Waals surface area contributed by atoms with Gasteiger partial charge in [0.25, 0.3) is 0 Å². The Labute approximate surface area is 160 Å². The van der Waals surface area contributed by atoms with Crippen molar-refractivity contribution in [3.63, 3.8) is 0 Å². The van der Waals surface area contributed by atoms with Crippen molar-refractivity contribution < 1.29 is 4.79 Å². The number of nitrogens with one attached hydrogen (secondary N) is 1. The van der Waals surface area contributed by atoms with Gasteiger partial charge in [-0.15, -0.1) is 11.8 Å². The lowest BCUT2D eigenvalue weighted by molar-refractivity contribution is -0.118. The summed E-state index contributed by atoms with van der Waals surface area (Å²) in [6.45, 7) is 3.20. The van der Waals surface area contributed by atoms with Gasteiger partial charge in [-0.2, -0.15) is 0 Å². The summed E-state index contributed by atoms with van der Waals surface area (Å²) in [5, 5.41) is 4.14. The molecule has 0 aliphatic heterocycles. The third-order valence-electron chi connectivity index (χ3n) is 3.76. The van der Waals surface area contributed by atoms with E-state index in [0.717, 1.165) is 21.8 Å². The van der Waals surface area contributed by atoms with Crippen LogP contribution in [0, 0.1) is 6.92 Å². The summed E-state index contributed by atoms with van der Waals surface area (Å²) < 4.78 is 2.11. The van der Waals surface area contributed by atoms with Crippen molar-refractivity contribution in [2.45, 2.75) is 18.4 Å². The molecular formula is C18H17Cl2N3OS. The molecule has 3 rings (SSSR count). The van der Waals surface area contributed by atoms with Crippen molar-refractivity contribution in [2.24, 2.45) is 0 Å². The van der Waals surface area contributed by atoms with Crippen molar-refractivity contribution in [1.29, 1.82) is 0 Å². The number of aromatic nitrogens is 2. The highest BCUT2D eigenvalue weighted by Crippen LogP contribution is 2.29. The Bertz CT molecular complexity index is 910. The Kier molecular flexibility index (Phi) is 5.89. The van der Waals surface area contributed by atoms with Gasteiger partial charge in [-0.1, -0.05) is 35.3 Å². The van der Waals surface area contributed by atoms with Gasteiger partial charge in [-0.05, 0) is 37.3 Å². The number of para-hydroxylation sites is 2. The van der Waals surface area contributed by atoms with E-state index in [1.54, 1.807) is 18.2 Å². The third-order valence-corrected chi connectivity index (χ3v) is 5.49. The highest BCUT2D eigenvalue weighted by atomic mass is 35.5. The molecule has 1 heterocycles. The van der Waals surface area contributed by atoms with E-state index in [2.05, 4.69) is 14.9 Å². The number of carbonyl (C=O) groups is 1. The summed E-state index contributed by atoms with van der Waals surface area (Å²) in [5.74, 6) is 1.20. The van der Waals surface area contributed by atoms with Crippen LogP contribution in [0.25, 0.3) is 11.0 Å². The Morgan fingerprint density at radius 3 is 2.88 bits per heavy atom. The average Bonchev–Trinajstić information content (AvgIpc) is 2.91. The standard InChI is InChI=1S/C18H17Cl2N3OS/c1-12-22-15-4-2-3-5-16(15)23(12)9-8-21-18(24)11-25-17-10-13(19)6-7-14(17)20/h2-7,10H,8-9,11H2,1H3,(H,21,24). The topological polar surface area (TPSA) is 46.9 Å². The number of benzene rings is 2. The predicted octanol–water partition coefficient (Wildman–Crippen LogP) is 4.56. The van der Waals surface area contributed by atoms with Crippen LogP contribution >= 0.6 is 35.0 Å². The van der Waals surface area contributed by atoms with Crippen LogP contribution in [0.5, 0.6) is 0 Å². The van der Waals surface area contributed by atoms with Gasteiger partial charge in [0.15, 0.2) is 0 Å². The molecule has 130 valence electrons. The largest absolute Gasteiger partial charge is 0.354 e. The van der Waals surface area contributed by atoms with Crippen molar-refractivity contribution >= 4 is 51.9 Å². The van der Waals surface area contributed by atoms with Gasteiger partial charge >= 0.3 is 0 Å². The highest BCUT2D eigenvalue weighted by Gasteiger charge is 2.09. The first kappa shape index (κ1) is 18.1. The Morgan fingerprint density at radius 2 is 2.04 bits per heavy atom. The maximum absolute atomic E-state index is 12.1. The lowest BCUT2D eigenvalue weighted by Crippen LogP contribution is -2.28. The molecule has 2 aromatic carbocycles. The number of carbonyl (C=O) groups excluding carboxylic acids is 1. The summed E-state index contributed by atoms with van der Waals surface area (Å²) in [4.78, 5) is 17.4. The molecule has 4 nitrogen and oxygen atoms in total. The minimum absolute atomic E-state index is 0.0388. The SMILES string of the molecule is Cc1nc2ccccc2n1CCNC(=O)CSc1cc(Cl)ccc1Cl. The fraction of sp³-hybridized carbons (Fsp3) is 0.222. The molecule has 7 heteroatoms. The van der Waals surface area contributed by atoms with Crippen LogP contribution < -0.4 is 5.32 Å². The lowest BCUT2D eigenvalue weighted by Gasteiger charge is -2.09. The molecule has 0 spiro atoms. The molecule has 0 aliphatic carbocycles. The van der Waals surface area contributed by atoms with E-state index < -0.39 is 0 Å². The van der Waals surface area contributed by atoms with Gasteiger partial charge in [-0.25, -0.2) is 4.98 Å². The normalized spacial score (nSPS) is 11.0. The quantitative estimate of drug-likeness (QED) is 0.624. The predicted molar refractivity (Wildman–Crippen MR) is 105 cm³/mol. The zero-order chi connectivity index (χ0) is 17.8. The molecule has 0 unspecified atom stereocenters. The maximum Gasteiger partial charge on any atom is 0.230 e. The van der Waals surface area contributed by atoms with Crippen LogP contribution in [0.15, 0.2) is 47.4 Å². The van der Waals surface area contributed by atoms with Crippen molar-refractivity contribution in [1.82, 2.24) is 14.9 Å². The van der Waals surface area contributed by atoms with Crippen LogP contribution in [-0.2, 0) is 11.3 Å².